The Bertz CT molecular complexity index is 443. The third kappa shape index (κ3) is 2.98. The Balaban J connectivity index is 2.05. The number of aromatic carboxylic acids is 1. The lowest BCUT2D eigenvalue weighted by molar-refractivity contribution is 0.0692. The van der Waals surface area contributed by atoms with Crippen molar-refractivity contribution in [3.8, 4) is 0 Å². The van der Waals surface area contributed by atoms with E-state index in [9.17, 15) is 9.18 Å². The molecule has 0 amide bonds. The van der Waals surface area contributed by atoms with Gasteiger partial charge in [0.25, 0.3) is 0 Å². The molecule has 1 aliphatic carbocycles. The normalized spacial score (nSPS) is 23.7. The highest BCUT2D eigenvalue weighted by Gasteiger charge is 2.19. The number of carboxylic acid groups (broad SMARTS) is 1. The topological polar surface area (TPSA) is 75.3 Å². The van der Waals surface area contributed by atoms with Crippen LogP contribution in [0.2, 0.25) is 0 Å². The highest BCUT2D eigenvalue weighted by molar-refractivity contribution is 5.89. The maximum Gasteiger partial charge on any atom is 0.338 e. The summed E-state index contributed by atoms with van der Waals surface area (Å²) in [6, 6.07) is 4.64. The molecule has 2 rings (SSSR count). The zero-order chi connectivity index (χ0) is 13.1. The number of hydrogen-bond acceptors (Lipinski definition) is 3. The van der Waals surface area contributed by atoms with E-state index < -0.39 is 11.8 Å². The summed E-state index contributed by atoms with van der Waals surface area (Å²) in [5, 5.41) is 12.1. The first-order valence-corrected chi connectivity index (χ1v) is 6.11. The van der Waals surface area contributed by atoms with E-state index in [0.717, 1.165) is 25.7 Å². The summed E-state index contributed by atoms with van der Waals surface area (Å²) >= 11 is 0. The largest absolute Gasteiger partial charge is 0.478 e. The third-order valence-corrected chi connectivity index (χ3v) is 3.34. The SMILES string of the molecule is NC1CCC(Nc2ccc(F)c(C(=O)O)c2)CC1. The number of carbonyl (C=O) groups is 1. The van der Waals surface area contributed by atoms with Crippen molar-refractivity contribution in [3.63, 3.8) is 0 Å². The van der Waals surface area contributed by atoms with Gasteiger partial charge in [-0.2, -0.15) is 0 Å². The van der Waals surface area contributed by atoms with E-state index in [2.05, 4.69) is 5.32 Å². The Kier molecular flexibility index (Phi) is 3.81. The van der Waals surface area contributed by atoms with Crippen LogP contribution in [0, 0.1) is 5.82 Å². The molecule has 0 bridgehead atoms. The van der Waals surface area contributed by atoms with Gasteiger partial charge in [0.05, 0.1) is 5.56 Å². The van der Waals surface area contributed by atoms with Crippen molar-refractivity contribution in [1.82, 2.24) is 0 Å². The van der Waals surface area contributed by atoms with Gasteiger partial charge in [-0.25, -0.2) is 9.18 Å². The standard InChI is InChI=1S/C13H17FN2O2/c14-12-6-5-10(7-11(12)13(17)18)16-9-3-1-8(15)2-4-9/h5-9,16H,1-4,15H2,(H,17,18). The lowest BCUT2D eigenvalue weighted by Gasteiger charge is -2.27. The number of halogens is 1. The summed E-state index contributed by atoms with van der Waals surface area (Å²) in [6.45, 7) is 0. The molecule has 18 heavy (non-hydrogen) atoms. The molecule has 0 aromatic heterocycles. The van der Waals surface area contributed by atoms with Crippen LogP contribution in [0.5, 0.6) is 0 Å². The van der Waals surface area contributed by atoms with Crippen molar-refractivity contribution < 1.29 is 14.3 Å². The molecule has 1 aromatic carbocycles. The van der Waals surface area contributed by atoms with E-state index in [0.29, 0.717) is 5.69 Å². The first kappa shape index (κ1) is 12.8. The van der Waals surface area contributed by atoms with Gasteiger partial charge in [0.2, 0.25) is 0 Å². The molecule has 0 radical (unpaired) electrons. The van der Waals surface area contributed by atoms with Crippen molar-refractivity contribution >= 4 is 11.7 Å². The maximum absolute atomic E-state index is 13.2. The van der Waals surface area contributed by atoms with Crippen LogP contribution >= 0.6 is 0 Å². The van der Waals surface area contributed by atoms with Gasteiger partial charge in [-0.05, 0) is 43.9 Å². The lowest BCUT2D eigenvalue weighted by Crippen LogP contribution is -2.32. The highest BCUT2D eigenvalue weighted by atomic mass is 19.1. The Hall–Kier alpha value is -1.62. The number of anilines is 1. The molecule has 5 heteroatoms. The first-order chi connectivity index (χ1) is 8.56. The second-order valence-corrected chi connectivity index (χ2v) is 4.76. The van der Waals surface area contributed by atoms with Gasteiger partial charge in [0.1, 0.15) is 5.82 Å². The van der Waals surface area contributed by atoms with Crippen LogP contribution < -0.4 is 11.1 Å². The van der Waals surface area contributed by atoms with Crippen molar-refractivity contribution in [2.45, 2.75) is 37.8 Å². The smallest absolute Gasteiger partial charge is 0.338 e. The van der Waals surface area contributed by atoms with Crippen LogP contribution in [0.3, 0.4) is 0 Å². The molecule has 4 nitrogen and oxygen atoms in total. The van der Waals surface area contributed by atoms with E-state index >= 15 is 0 Å². The number of benzene rings is 1. The highest BCUT2D eigenvalue weighted by Crippen LogP contribution is 2.22. The Labute approximate surface area is 105 Å². The summed E-state index contributed by atoms with van der Waals surface area (Å²) in [7, 11) is 0. The Morgan fingerprint density at radius 1 is 1.33 bits per heavy atom. The molecule has 4 N–H and O–H groups in total. The maximum atomic E-state index is 13.2. The number of nitrogens with one attached hydrogen (secondary N) is 1. The van der Waals surface area contributed by atoms with Crippen LogP contribution in [0.1, 0.15) is 36.0 Å². The number of nitrogens with two attached hydrogens (primary N) is 1. The molecule has 1 fully saturated rings. The fraction of sp³-hybridized carbons (Fsp3) is 0.462. The van der Waals surface area contributed by atoms with Gasteiger partial charge in [0, 0.05) is 17.8 Å². The van der Waals surface area contributed by atoms with E-state index in [1.54, 1.807) is 6.07 Å². The van der Waals surface area contributed by atoms with Crippen molar-refractivity contribution in [2.75, 3.05) is 5.32 Å². The summed E-state index contributed by atoms with van der Waals surface area (Å²) in [4.78, 5) is 10.8. The van der Waals surface area contributed by atoms with Gasteiger partial charge >= 0.3 is 5.97 Å². The number of hydrogen-bond donors (Lipinski definition) is 3. The van der Waals surface area contributed by atoms with Crippen LogP contribution in [0.4, 0.5) is 10.1 Å². The number of carboxylic acids is 1. The minimum Gasteiger partial charge on any atom is -0.478 e. The minimum atomic E-state index is -1.25. The monoisotopic (exact) mass is 252 g/mol. The molecule has 1 saturated carbocycles. The summed E-state index contributed by atoms with van der Waals surface area (Å²) in [6.07, 6.45) is 3.84. The van der Waals surface area contributed by atoms with Gasteiger partial charge < -0.3 is 16.2 Å². The second-order valence-electron chi connectivity index (χ2n) is 4.76. The molecule has 98 valence electrons. The summed E-state index contributed by atoms with van der Waals surface area (Å²) in [5.41, 5.74) is 6.17. The fourth-order valence-corrected chi connectivity index (χ4v) is 2.28. The molecule has 0 heterocycles. The van der Waals surface area contributed by atoms with E-state index in [1.807, 2.05) is 0 Å². The molecule has 1 aromatic rings. The summed E-state index contributed by atoms with van der Waals surface area (Å²) in [5.74, 6) is -1.96. The second kappa shape index (κ2) is 5.35. The zero-order valence-electron chi connectivity index (χ0n) is 10.0. The van der Waals surface area contributed by atoms with Crippen molar-refractivity contribution in [2.24, 2.45) is 5.73 Å². The van der Waals surface area contributed by atoms with E-state index in [-0.39, 0.29) is 17.6 Å². The van der Waals surface area contributed by atoms with Crippen LogP contribution in [-0.2, 0) is 0 Å². The lowest BCUT2D eigenvalue weighted by atomic mass is 9.91. The van der Waals surface area contributed by atoms with E-state index in [4.69, 9.17) is 10.8 Å². The van der Waals surface area contributed by atoms with Gasteiger partial charge in [-0.3, -0.25) is 0 Å². The minimum absolute atomic E-state index is 0.269. The van der Waals surface area contributed by atoms with Gasteiger partial charge in [0.15, 0.2) is 0 Å². The average Bonchev–Trinajstić information content (AvgIpc) is 2.34. The van der Waals surface area contributed by atoms with Gasteiger partial charge in [-0.15, -0.1) is 0 Å². The molecule has 0 aliphatic heterocycles. The van der Waals surface area contributed by atoms with Crippen molar-refractivity contribution in [1.29, 1.82) is 0 Å². The quantitative estimate of drug-likeness (QED) is 0.771. The number of rotatable bonds is 3. The third-order valence-electron chi connectivity index (χ3n) is 3.34. The molecular weight excluding hydrogens is 235 g/mol. The van der Waals surface area contributed by atoms with Gasteiger partial charge in [-0.1, -0.05) is 0 Å². The fourth-order valence-electron chi connectivity index (χ4n) is 2.28. The predicted octanol–water partition coefficient (Wildman–Crippen LogP) is 2.21. The molecule has 0 unspecified atom stereocenters. The predicted molar refractivity (Wildman–Crippen MR) is 67.2 cm³/mol. The molecule has 0 atom stereocenters. The van der Waals surface area contributed by atoms with Crippen molar-refractivity contribution in [3.05, 3.63) is 29.6 Å². The Morgan fingerprint density at radius 3 is 2.61 bits per heavy atom. The van der Waals surface area contributed by atoms with Crippen LogP contribution in [0.25, 0.3) is 0 Å². The van der Waals surface area contributed by atoms with Crippen LogP contribution in [-0.4, -0.2) is 23.2 Å². The van der Waals surface area contributed by atoms with Crippen LogP contribution in [0.15, 0.2) is 18.2 Å². The first-order valence-electron chi connectivity index (χ1n) is 6.11. The summed E-state index contributed by atoms with van der Waals surface area (Å²) < 4.78 is 13.2. The molecule has 0 spiro atoms. The molecule has 1 aliphatic rings. The average molecular weight is 252 g/mol. The zero-order valence-corrected chi connectivity index (χ0v) is 10.0. The van der Waals surface area contributed by atoms with E-state index in [1.165, 1.54) is 12.1 Å². The Morgan fingerprint density at radius 2 is 2.00 bits per heavy atom. The molecule has 0 saturated heterocycles. The molecular formula is C13H17FN2O2.